The average Bonchev–Trinajstić information content (AvgIpc) is 3.66. The number of esters is 4. The molecule has 0 aliphatic heterocycles. The van der Waals surface area contributed by atoms with Crippen molar-refractivity contribution in [1.29, 1.82) is 0 Å². The van der Waals surface area contributed by atoms with Crippen molar-refractivity contribution in [2.45, 2.75) is 399 Å². The summed E-state index contributed by atoms with van der Waals surface area (Å²) in [6, 6.07) is 0. The van der Waals surface area contributed by atoms with Gasteiger partial charge in [0.25, 0.3) is 0 Å². The molecule has 91 heavy (non-hydrogen) atoms. The molecule has 0 heterocycles. The van der Waals surface area contributed by atoms with Gasteiger partial charge in [0.2, 0.25) is 0 Å². The first-order valence-corrected chi connectivity index (χ1v) is 40.8. The van der Waals surface area contributed by atoms with E-state index in [1.807, 2.05) is 0 Å². The minimum absolute atomic E-state index is 0.107. The molecule has 0 radical (unpaired) electrons. The third-order valence-corrected chi connectivity index (χ3v) is 18.8. The van der Waals surface area contributed by atoms with Crippen molar-refractivity contribution in [2.24, 2.45) is 0 Å². The number of aliphatic hydroxyl groups excluding tert-OH is 1. The molecule has 0 aromatic heterocycles. The summed E-state index contributed by atoms with van der Waals surface area (Å²) in [7, 11) is -9.90. The molecule has 540 valence electrons. The van der Waals surface area contributed by atoms with E-state index in [4.69, 9.17) is 37.0 Å². The number of aliphatic hydroxyl groups is 1. The number of carbonyl (C=O) groups excluding carboxylic acids is 4. The maximum absolute atomic E-state index is 13.0. The van der Waals surface area contributed by atoms with E-state index in [0.29, 0.717) is 25.7 Å². The highest BCUT2D eigenvalue weighted by Gasteiger charge is 2.30. The summed E-state index contributed by atoms with van der Waals surface area (Å²) in [4.78, 5) is 72.5. The van der Waals surface area contributed by atoms with Gasteiger partial charge >= 0.3 is 39.5 Å². The topological polar surface area (TPSA) is 237 Å². The highest BCUT2D eigenvalue weighted by Crippen LogP contribution is 2.45. The van der Waals surface area contributed by atoms with E-state index in [2.05, 4.69) is 27.7 Å². The Morgan fingerprint density at radius 1 is 0.264 bits per heavy atom. The molecule has 0 aromatic carbocycles. The van der Waals surface area contributed by atoms with Gasteiger partial charge in [-0.2, -0.15) is 0 Å². The zero-order valence-corrected chi connectivity index (χ0v) is 60.6. The number of rotatable bonds is 73. The van der Waals surface area contributed by atoms with E-state index in [0.717, 1.165) is 89.9 Å². The molecule has 19 heteroatoms. The van der Waals surface area contributed by atoms with Gasteiger partial charge in [-0.25, -0.2) is 9.13 Å². The van der Waals surface area contributed by atoms with Gasteiger partial charge in [0.15, 0.2) is 12.2 Å². The molecule has 0 rings (SSSR count). The Hall–Kier alpha value is -1.94. The van der Waals surface area contributed by atoms with Gasteiger partial charge < -0.3 is 33.8 Å². The van der Waals surface area contributed by atoms with Crippen molar-refractivity contribution < 1.29 is 80.2 Å². The lowest BCUT2D eigenvalue weighted by atomic mass is 10.0. The smallest absolute Gasteiger partial charge is 0.462 e. The Morgan fingerprint density at radius 3 is 0.648 bits per heavy atom. The number of unbranched alkanes of at least 4 members (excludes halogenated alkanes) is 47. The van der Waals surface area contributed by atoms with Gasteiger partial charge in [0.05, 0.1) is 26.4 Å². The number of ether oxygens (including phenoxy) is 4. The molecular weight excluding hydrogens is 1200 g/mol. The van der Waals surface area contributed by atoms with Crippen LogP contribution in [-0.2, 0) is 65.4 Å². The van der Waals surface area contributed by atoms with Gasteiger partial charge in [-0.05, 0) is 25.7 Å². The molecule has 0 aliphatic carbocycles. The van der Waals surface area contributed by atoms with Crippen LogP contribution in [0, 0.1) is 0 Å². The fourth-order valence-electron chi connectivity index (χ4n) is 11.0. The van der Waals surface area contributed by atoms with Crippen molar-refractivity contribution in [2.75, 3.05) is 39.6 Å². The molecule has 0 aromatic rings. The molecule has 0 spiro atoms. The fraction of sp³-hybridized carbons (Fsp3) is 0.944. The van der Waals surface area contributed by atoms with E-state index in [1.54, 1.807) is 0 Å². The summed E-state index contributed by atoms with van der Waals surface area (Å²) in [6.45, 7) is 4.93. The summed E-state index contributed by atoms with van der Waals surface area (Å²) >= 11 is 0. The molecule has 17 nitrogen and oxygen atoms in total. The monoisotopic (exact) mass is 1340 g/mol. The normalized spacial score (nSPS) is 14.0. The van der Waals surface area contributed by atoms with Crippen LogP contribution in [0.25, 0.3) is 0 Å². The van der Waals surface area contributed by atoms with Crippen LogP contribution in [0.5, 0.6) is 0 Å². The van der Waals surface area contributed by atoms with E-state index >= 15 is 0 Å². The van der Waals surface area contributed by atoms with Crippen LogP contribution in [0.4, 0.5) is 0 Å². The molecule has 5 atom stereocenters. The molecule has 0 saturated heterocycles. The van der Waals surface area contributed by atoms with Crippen molar-refractivity contribution in [3.05, 3.63) is 0 Å². The van der Waals surface area contributed by atoms with Crippen molar-refractivity contribution in [3.63, 3.8) is 0 Å². The summed E-state index contributed by atoms with van der Waals surface area (Å²) in [6.07, 6.45) is 55.5. The minimum atomic E-state index is -4.95. The van der Waals surface area contributed by atoms with Crippen LogP contribution >= 0.6 is 15.6 Å². The van der Waals surface area contributed by atoms with Crippen LogP contribution in [-0.4, -0.2) is 96.7 Å². The Kier molecular flexibility index (Phi) is 65.2. The molecule has 3 N–H and O–H groups in total. The average molecular weight is 1340 g/mol. The third-order valence-electron chi connectivity index (χ3n) is 16.9. The number of phosphoric acid groups is 2. The molecular formula is C72H140O17P2. The number of carbonyl (C=O) groups is 4. The van der Waals surface area contributed by atoms with Crippen molar-refractivity contribution in [3.8, 4) is 0 Å². The van der Waals surface area contributed by atoms with E-state index < -0.39 is 97.5 Å². The first-order chi connectivity index (χ1) is 44.2. The van der Waals surface area contributed by atoms with Gasteiger partial charge in [-0.1, -0.05) is 329 Å². The first kappa shape index (κ1) is 89.1. The second-order valence-electron chi connectivity index (χ2n) is 26.0. The van der Waals surface area contributed by atoms with E-state index in [-0.39, 0.29) is 25.7 Å². The Bertz CT molecular complexity index is 1740. The predicted molar refractivity (Wildman–Crippen MR) is 368 cm³/mol. The Balaban J connectivity index is 5.17. The van der Waals surface area contributed by atoms with Gasteiger partial charge in [0, 0.05) is 25.7 Å². The van der Waals surface area contributed by atoms with Crippen molar-refractivity contribution in [1.82, 2.24) is 0 Å². The van der Waals surface area contributed by atoms with Crippen LogP contribution < -0.4 is 0 Å². The lowest BCUT2D eigenvalue weighted by Crippen LogP contribution is -2.30. The maximum Gasteiger partial charge on any atom is 0.472 e. The van der Waals surface area contributed by atoms with Crippen LogP contribution in [0.15, 0.2) is 0 Å². The lowest BCUT2D eigenvalue weighted by Gasteiger charge is -2.21. The van der Waals surface area contributed by atoms with Gasteiger partial charge in [-0.3, -0.25) is 37.3 Å². The van der Waals surface area contributed by atoms with Gasteiger partial charge in [0.1, 0.15) is 19.3 Å². The van der Waals surface area contributed by atoms with Crippen molar-refractivity contribution >= 4 is 39.5 Å². The molecule has 0 aliphatic rings. The number of hydrogen-bond donors (Lipinski definition) is 3. The Labute approximate surface area is 556 Å². The number of phosphoric ester groups is 2. The van der Waals surface area contributed by atoms with E-state index in [1.165, 1.54) is 212 Å². The highest BCUT2D eigenvalue weighted by molar-refractivity contribution is 7.47. The lowest BCUT2D eigenvalue weighted by molar-refractivity contribution is -0.161. The second kappa shape index (κ2) is 66.7. The summed E-state index contributed by atoms with van der Waals surface area (Å²) in [5.41, 5.74) is 0. The van der Waals surface area contributed by atoms with Gasteiger partial charge in [-0.15, -0.1) is 0 Å². The molecule has 0 fully saturated rings. The van der Waals surface area contributed by atoms with Crippen LogP contribution in [0.2, 0.25) is 0 Å². The first-order valence-electron chi connectivity index (χ1n) is 37.8. The minimum Gasteiger partial charge on any atom is -0.462 e. The highest BCUT2D eigenvalue weighted by atomic mass is 31.2. The Morgan fingerprint density at radius 2 is 0.440 bits per heavy atom. The summed E-state index contributed by atoms with van der Waals surface area (Å²) < 4.78 is 68.3. The number of hydrogen-bond acceptors (Lipinski definition) is 15. The fourth-order valence-corrected chi connectivity index (χ4v) is 12.6. The molecule has 0 bridgehead atoms. The second-order valence-corrected chi connectivity index (χ2v) is 28.9. The quantitative estimate of drug-likeness (QED) is 0.0222. The maximum atomic E-state index is 13.0. The third kappa shape index (κ3) is 66.5. The standard InChI is InChI=1S/C72H140O17P2/c1-5-9-13-17-21-25-28-29-30-31-32-33-34-35-36-39-43-47-51-55-59-72(77)89-68(63-83-70(75)57-53-49-45-41-37-26-22-18-14-10-6-2)65-87-91(80,81)85-61-66(73)60-84-90(78,79)86-64-67(62-82-69(74)56-52-48-44-40-24-20-16-12-8-4)88-71(76)58-54-50-46-42-38-27-23-19-15-11-7-3/h66-68,73H,5-65H2,1-4H3,(H,78,79)(H,80,81)/t66-,67+,68+/m0/s1. The molecule has 2 unspecified atom stereocenters. The molecule has 0 saturated carbocycles. The largest absolute Gasteiger partial charge is 0.472 e. The van der Waals surface area contributed by atoms with E-state index in [9.17, 15) is 43.2 Å². The van der Waals surface area contributed by atoms with Crippen LogP contribution in [0.1, 0.15) is 381 Å². The SMILES string of the molecule is CCCCCCCCCCCCCCCCCCCCCCC(=O)O[C@H](COC(=O)CCCCCCCCCCCCC)COP(=O)(O)OC[C@@H](O)COP(=O)(O)OC[C@@H](COC(=O)CCCCCCCCCCC)OC(=O)CCCCCCCCCCCCC. The predicted octanol–water partition coefficient (Wildman–Crippen LogP) is 21.1. The molecule has 0 amide bonds. The van der Waals surface area contributed by atoms with Crippen LogP contribution in [0.3, 0.4) is 0 Å². The summed E-state index contributed by atoms with van der Waals surface area (Å²) in [5.74, 6) is -2.12. The zero-order chi connectivity index (χ0) is 66.8. The zero-order valence-electron chi connectivity index (χ0n) is 58.8. The summed E-state index contributed by atoms with van der Waals surface area (Å²) in [5, 5.41) is 10.6.